The number of fused-ring (bicyclic) bond motifs is 1. The molecule has 37 heavy (non-hydrogen) atoms. The van der Waals surface area contributed by atoms with Gasteiger partial charge in [-0.15, -0.1) is 0 Å². The van der Waals surface area contributed by atoms with E-state index in [-0.39, 0.29) is 11.8 Å². The van der Waals surface area contributed by atoms with Crippen molar-refractivity contribution in [2.45, 2.75) is 26.7 Å². The number of piperidine rings is 1. The molecule has 1 aromatic carbocycles. The number of thiophene rings is 1. The molecule has 1 N–H and O–H groups in total. The number of amides is 1. The second-order valence-corrected chi connectivity index (χ2v) is 9.80. The average molecular weight is 520 g/mol. The highest BCUT2D eigenvalue weighted by Crippen LogP contribution is 2.28. The molecule has 1 fully saturated rings. The van der Waals surface area contributed by atoms with Crippen molar-refractivity contribution in [3.8, 4) is 11.4 Å². The minimum Gasteiger partial charge on any atom is -0.492 e. The molecule has 9 nitrogen and oxygen atoms in total. The van der Waals surface area contributed by atoms with Gasteiger partial charge in [-0.2, -0.15) is 21.3 Å². The lowest BCUT2D eigenvalue weighted by molar-refractivity contribution is -0.135. The number of nitrogens with zero attached hydrogens (tertiary/aromatic N) is 6. The van der Waals surface area contributed by atoms with E-state index in [1.165, 1.54) is 0 Å². The van der Waals surface area contributed by atoms with Gasteiger partial charge in [0.25, 0.3) is 0 Å². The van der Waals surface area contributed by atoms with Gasteiger partial charge in [-0.1, -0.05) is 18.2 Å². The number of hydrogen-bond acceptors (Lipinski definition) is 8. The van der Waals surface area contributed by atoms with Crippen LogP contribution in [-0.2, 0) is 4.79 Å². The van der Waals surface area contributed by atoms with Crippen molar-refractivity contribution in [2.75, 3.05) is 49.5 Å². The number of carbonyl (C=O) groups is 1. The van der Waals surface area contributed by atoms with Crippen LogP contribution in [-0.4, -0.2) is 69.7 Å². The van der Waals surface area contributed by atoms with E-state index in [0.717, 1.165) is 49.6 Å². The first-order valence-electron chi connectivity index (χ1n) is 12.9. The molecule has 0 spiro atoms. The summed E-state index contributed by atoms with van der Waals surface area (Å²) >= 11 is 1.63. The number of ether oxygens (including phenoxy) is 1. The lowest BCUT2D eigenvalue weighted by atomic mass is 9.96. The third-order valence-corrected chi connectivity index (χ3v) is 7.37. The summed E-state index contributed by atoms with van der Waals surface area (Å²) in [5, 5.41) is 7.53. The Balaban J connectivity index is 1.41. The molecule has 0 bridgehead atoms. The third-order valence-electron chi connectivity index (χ3n) is 6.70. The fraction of sp³-hybridized carbons (Fsp3) is 0.407. The minimum atomic E-state index is -0.0505. The number of imidazole rings is 1. The molecule has 0 radical (unpaired) electrons. The van der Waals surface area contributed by atoms with Gasteiger partial charge in [0.15, 0.2) is 17.0 Å². The monoisotopic (exact) mass is 519 g/mol. The molecule has 3 aromatic heterocycles. The van der Waals surface area contributed by atoms with Crippen molar-refractivity contribution in [1.29, 1.82) is 0 Å². The van der Waals surface area contributed by atoms with E-state index in [9.17, 15) is 4.79 Å². The Bertz CT molecular complexity index is 1310. The highest BCUT2D eigenvalue weighted by Gasteiger charge is 2.30. The van der Waals surface area contributed by atoms with Crippen molar-refractivity contribution in [3.05, 3.63) is 53.5 Å². The van der Waals surface area contributed by atoms with Gasteiger partial charge in [0.2, 0.25) is 11.9 Å². The van der Waals surface area contributed by atoms with Gasteiger partial charge in [0.05, 0.1) is 18.2 Å². The van der Waals surface area contributed by atoms with Gasteiger partial charge in [-0.25, -0.2) is 4.98 Å². The Kier molecular flexibility index (Phi) is 7.84. The van der Waals surface area contributed by atoms with Crippen molar-refractivity contribution in [2.24, 2.45) is 5.92 Å². The molecule has 1 amide bonds. The first-order chi connectivity index (χ1) is 18.2. The van der Waals surface area contributed by atoms with Crippen LogP contribution in [0.2, 0.25) is 0 Å². The van der Waals surface area contributed by atoms with Crippen LogP contribution in [0, 0.1) is 5.92 Å². The van der Waals surface area contributed by atoms with Gasteiger partial charge < -0.3 is 19.9 Å². The van der Waals surface area contributed by atoms with E-state index in [1.807, 2.05) is 65.1 Å². The van der Waals surface area contributed by atoms with Crippen molar-refractivity contribution in [1.82, 2.24) is 24.4 Å². The molecule has 5 rings (SSSR count). The molecule has 1 saturated heterocycles. The standard InChI is InChI=1S/C27H33N7O2S/c1-3-32(4-2)26(35)20-9-8-14-33(17-20)27-30-24(28-13-15-36-22-10-6-5-7-11-22)23-25(31-27)34(19-29-23)21-12-16-37-18-21/h5-7,10-12,16,18-20H,3-4,8-9,13-15,17H2,1-2H3,(H,28,30,31). The smallest absolute Gasteiger partial charge is 0.229 e. The molecule has 4 aromatic rings. The Morgan fingerprint density at radius 3 is 2.78 bits per heavy atom. The van der Waals surface area contributed by atoms with Gasteiger partial charge in [-0.3, -0.25) is 9.36 Å². The van der Waals surface area contributed by atoms with Crippen LogP contribution in [0.5, 0.6) is 5.75 Å². The van der Waals surface area contributed by atoms with E-state index in [0.29, 0.717) is 37.0 Å². The Morgan fingerprint density at radius 1 is 1.19 bits per heavy atom. The summed E-state index contributed by atoms with van der Waals surface area (Å²) in [6.07, 6.45) is 3.61. The summed E-state index contributed by atoms with van der Waals surface area (Å²) in [5.41, 5.74) is 2.47. The summed E-state index contributed by atoms with van der Waals surface area (Å²) in [4.78, 5) is 31.7. The van der Waals surface area contributed by atoms with Crippen LogP contribution in [0.25, 0.3) is 16.9 Å². The molecular formula is C27H33N7O2S. The molecule has 1 unspecified atom stereocenters. The highest BCUT2D eigenvalue weighted by molar-refractivity contribution is 7.08. The predicted octanol–water partition coefficient (Wildman–Crippen LogP) is 4.45. The predicted molar refractivity (Wildman–Crippen MR) is 148 cm³/mol. The van der Waals surface area contributed by atoms with Gasteiger partial charge in [0, 0.05) is 31.6 Å². The zero-order valence-electron chi connectivity index (χ0n) is 21.3. The third kappa shape index (κ3) is 5.53. The molecule has 10 heteroatoms. The lowest BCUT2D eigenvalue weighted by Crippen LogP contribution is -2.45. The fourth-order valence-corrected chi connectivity index (χ4v) is 5.37. The summed E-state index contributed by atoms with van der Waals surface area (Å²) in [6, 6.07) is 11.8. The molecular weight excluding hydrogens is 486 g/mol. The number of rotatable bonds is 10. The van der Waals surface area contributed by atoms with Crippen LogP contribution in [0.15, 0.2) is 53.5 Å². The van der Waals surface area contributed by atoms with E-state index < -0.39 is 0 Å². The van der Waals surface area contributed by atoms with E-state index in [1.54, 1.807) is 17.7 Å². The first-order valence-corrected chi connectivity index (χ1v) is 13.8. The zero-order valence-corrected chi connectivity index (χ0v) is 22.2. The molecule has 1 aliphatic rings. The first kappa shape index (κ1) is 25.0. The summed E-state index contributed by atoms with van der Waals surface area (Å²) in [5.74, 6) is 2.29. The Morgan fingerprint density at radius 2 is 2.03 bits per heavy atom. The lowest BCUT2D eigenvalue weighted by Gasteiger charge is -2.34. The number of hydrogen-bond donors (Lipinski definition) is 1. The number of anilines is 2. The summed E-state index contributed by atoms with van der Waals surface area (Å²) < 4.78 is 7.84. The van der Waals surface area contributed by atoms with Crippen molar-refractivity contribution < 1.29 is 9.53 Å². The molecule has 0 aliphatic carbocycles. The zero-order chi connectivity index (χ0) is 25.6. The molecule has 194 valence electrons. The van der Waals surface area contributed by atoms with Crippen LogP contribution in [0.4, 0.5) is 11.8 Å². The molecule has 1 aliphatic heterocycles. The second kappa shape index (κ2) is 11.6. The molecule has 1 atom stereocenters. The van der Waals surface area contributed by atoms with Crippen LogP contribution in [0.3, 0.4) is 0 Å². The fourth-order valence-electron chi connectivity index (χ4n) is 4.75. The second-order valence-electron chi connectivity index (χ2n) is 9.02. The largest absolute Gasteiger partial charge is 0.492 e. The van der Waals surface area contributed by atoms with E-state index in [4.69, 9.17) is 14.7 Å². The number of nitrogens with one attached hydrogen (secondary N) is 1. The summed E-state index contributed by atoms with van der Waals surface area (Å²) in [7, 11) is 0. The maximum Gasteiger partial charge on any atom is 0.229 e. The Labute approximate surface area is 221 Å². The Hall–Kier alpha value is -3.66. The van der Waals surface area contributed by atoms with Crippen LogP contribution < -0.4 is 15.0 Å². The number of para-hydroxylation sites is 1. The van der Waals surface area contributed by atoms with E-state index >= 15 is 0 Å². The maximum absolute atomic E-state index is 13.1. The molecule has 4 heterocycles. The SMILES string of the molecule is CCN(CC)C(=O)C1CCCN(c2nc(NCCOc3ccccc3)c3ncn(-c4ccsc4)c3n2)C1. The maximum atomic E-state index is 13.1. The van der Waals surface area contributed by atoms with Crippen LogP contribution in [0.1, 0.15) is 26.7 Å². The number of carbonyl (C=O) groups excluding carboxylic acids is 1. The average Bonchev–Trinajstić information content (AvgIpc) is 3.62. The topological polar surface area (TPSA) is 88.4 Å². The van der Waals surface area contributed by atoms with Gasteiger partial charge in [-0.05, 0) is 50.3 Å². The van der Waals surface area contributed by atoms with Crippen LogP contribution >= 0.6 is 11.3 Å². The number of benzene rings is 1. The van der Waals surface area contributed by atoms with Crippen molar-refractivity contribution in [3.63, 3.8) is 0 Å². The normalized spacial score (nSPS) is 15.6. The van der Waals surface area contributed by atoms with Crippen molar-refractivity contribution >= 4 is 40.2 Å². The van der Waals surface area contributed by atoms with Gasteiger partial charge in [0.1, 0.15) is 18.7 Å². The minimum absolute atomic E-state index is 0.0505. The quantitative estimate of drug-likeness (QED) is 0.310. The van der Waals surface area contributed by atoms with E-state index in [2.05, 4.69) is 20.6 Å². The van der Waals surface area contributed by atoms with Gasteiger partial charge >= 0.3 is 0 Å². The summed E-state index contributed by atoms with van der Waals surface area (Å²) in [6.45, 7) is 8.00. The number of aromatic nitrogens is 4. The highest BCUT2D eigenvalue weighted by atomic mass is 32.1. The molecule has 0 saturated carbocycles.